The molecule has 188 valence electrons. The molecule has 3 aromatic carbocycles. The molecule has 0 aliphatic carbocycles. The number of thioether (sulfide) groups is 1. The number of anilines is 2. The first-order chi connectivity index (χ1) is 17.7. The number of benzene rings is 3. The van der Waals surface area contributed by atoms with E-state index in [0.29, 0.717) is 22.3 Å². The number of aromatic nitrogens is 2. The van der Waals surface area contributed by atoms with Gasteiger partial charge in [-0.05, 0) is 35.9 Å². The van der Waals surface area contributed by atoms with Gasteiger partial charge in [0.25, 0.3) is 10.0 Å². The highest BCUT2D eigenvalue weighted by atomic mass is 35.5. The molecule has 1 N–H and O–H groups in total. The Balaban J connectivity index is 1.43. The molecule has 4 aromatic rings. The Bertz CT molecular complexity index is 1620. The molecule has 2 heterocycles. The van der Waals surface area contributed by atoms with Crippen LogP contribution in [0.15, 0.2) is 83.0 Å². The molecule has 0 fully saturated rings. The van der Waals surface area contributed by atoms with E-state index in [1.165, 1.54) is 10.5 Å². The summed E-state index contributed by atoms with van der Waals surface area (Å²) in [5.41, 5.74) is 1.73. The number of halogens is 3. The number of hydrogen-bond acceptors (Lipinski definition) is 6. The molecule has 12 heteroatoms. The summed E-state index contributed by atoms with van der Waals surface area (Å²) in [7, 11) is -4.00. The average Bonchev–Trinajstić information content (AvgIpc) is 2.88. The summed E-state index contributed by atoms with van der Waals surface area (Å²) >= 11 is 7.18. The van der Waals surface area contributed by atoms with E-state index in [1.54, 1.807) is 18.2 Å². The number of nitrogens with one attached hydrogen (secondary N) is 1. The van der Waals surface area contributed by atoms with Gasteiger partial charge in [0.1, 0.15) is 16.5 Å². The van der Waals surface area contributed by atoms with Gasteiger partial charge in [0.15, 0.2) is 5.16 Å². The zero-order chi connectivity index (χ0) is 26.2. The Kier molecular flexibility index (Phi) is 6.84. The number of nitrogens with zero attached hydrogens (tertiary/aromatic N) is 3. The summed E-state index contributed by atoms with van der Waals surface area (Å²) in [4.78, 5) is 20.8. The molecule has 7 nitrogen and oxygen atoms in total. The second kappa shape index (κ2) is 10.1. The third kappa shape index (κ3) is 5.15. The Hall–Kier alpha value is -3.54. The third-order valence-electron chi connectivity index (χ3n) is 5.49. The van der Waals surface area contributed by atoms with Crippen molar-refractivity contribution in [2.45, 2.75) is 16.6 Å². The van der Waals surface area contributed by atoms with E-state index in [-0.39, 0.29) is 33.7 Å². The molecule has 0 spiro atoms. The molecule has 37 heavy (non-hydrogen) atoms. The molecule has 0 bridgehead atoms. The van der Waals surface area contributed by atoms with E-state index in [9.17, 15) is 22.0 Å². The Morgan fingerprint density at radius 3 is 2.59 bits per heavy atom. The molecule has 0 atom stereocenters. The fourth-order valence-electron chi connectivity index (χ4n) is 3.80. The van der Waals surface area contributed by atoms with Gasteiger partial charge in [-0.15, -0.1) is 0 Å². The van der Waals surface area contributed by atoms with Gasteiger partial charge in [-0.2, -0.15) is 0 Å². The van der Waals surface area contributed by atoms with E-state index < -0.39 is 27.6 Å². The molecule has 0 radical (unpaired) electrons. The zero-order valence-corrected chi connectivity index (χ0v) is 21.2. The first-order valence-electron chi connectivity index (χ1n) is 10.8. The molecule has 1 aromatic heterocycles. The second-order valence-electron chi connectivity index (χ2n) is 7.99. The minimum Gasteiger partial charge on any atom is -0.323 e. The van der Waals surface area contributed by atoms with Gasteiger partial charge in [-0.1, -0.05) is 53.7 Å². The Morgan fingerprint density at radius 2 is 1.84 bits per heavy atom. The molecular formula is C25H17ClF2N4O3S2. The summed E-state index contributed by atoms with van der Waals surface area (Å²) in [5.74, 6) is -2.42. The van der Waals surface area contributed by atoms with Gasteiger partial charge < -0.3 is 5.32 Å². The maximum absolute atomic E-state index is 13.8. The Morgan fingerprint density at radius 1 is 1.05 bits per heavy atom. The molecule has 1 aliphatic heterocycles. The molecule has 0 unspecified atom stereocenters. The van der Waals surface area contributed by atoms with Crippen LogP contribution in [0.25, 0.3) is 11.3 Å². The summed E-state index contributed by atoms with van der Waals surface area (Å²) < 4.78 is 55.3. The molecule has 1 amide bonds. The fourth-order valence-corrected chi connectivity index (χ4v) is 6.14. The lowest BCUT2D eigenvalue weighted by Gasteiger charge is -2.31. The van der Waals surface area contributed by atoms with Gasteiger partial charge in [0.2, 0.25) is 5.91 Å². The summed E-state index contributed by atoms with van der Waals surface area (Å²) in [5, 5.41) is 2.90. The van der Waals surface area contributed by atoms with Crippen molar-refractivity contribution < 1.29 is 22.0 Å². The smallest absolute Gasteiger partial charge is 0.268 e. The van der Waals surface area contributed by atoms with Crippen LogP contribution in [0.3, 0.4) is 0 Å². The number of carbonyl (C=O) groups excluding carboxylic acids is 1. The lowest BCUT2D eigenvalue weighted by Crippen LogP contribution is -2.34. The second-order valence-corrected chi connectivity index (χ2v) is 11.2. The summed E-state index contributed by atoms with van der Waals surface area (Å²) in [6.45, 7) is 0.105. The molecule has 0 saturated heterocycles. The van der Waals surface area contributed by atoms with E-state index in [1.807, 2.05) is 30.3 Å². The number of hydrogen-bond donors (Lipinski definition) is 1. The van der Waals surface area contributed by atoms with E-state index >= 15 is 0 Å². The van der Waals surface area contributed by atoms with Crippen LogP contribution in [0.4, 0.5) is 20.2 Å². The zero-order valence-electron chi connectivity index (χ0n) is 18.9. The maximum atomic E-state index is 13.8. The maximum Gasteiger partial charge on any atom is 0.268 e. The quantitative estimate of drug-likeness (QED) is 0.248. The van der Waals surface area contributed by atoms with Gasteiger partial charge in [-0.3, -0.25) is 9.10 Å². The lowest BCUT2D eigenvalue weighted by atomic mass is 10.1. The highest BCUT2D eigenvalue weighted by Crippen LogP contribution is 2.44. The predicted octanol–water partition coefficient (Wildman–Crippen LogP) is 5.51. The largest absolute Gasteiger partial charge is 0.323 e. The van der Waals surface area contributed by atoms with Crippen molar-refractivity contribution in [3.63, 3.8) is 0 Å². The summed E-state index contributed by atoms with van der Waals surface area (Å²) in [6.07, 6.45) is 1.21. The van der Waals surface area contributed by atoms with Gasteiger partial charge in [0, 0.05) is 16.7 Å². The minimum absolute atomic E-state index is 0.0830. The topological polar surface area (TPSA) is 92.3 Å². The van der Waals surface area contributed by atoms with Crippen LogP contribution < -0.4 is 9.62 Å². The van der Waals surface area contributed by atoms with Crippen LogP contribution in [0.1, 0.15) is 5.56 Å². The van der Waals surface area contributed by atoms with Crippen LogP contribution in [-0.2, 0) is 21.4 Å². The van der Waals surface area contributed by atoms with Crippen LogP contribution >= 0.6 is 23.4 Å². The molecular weight excluding hydrogens is 542 g/mol. The van der Waals surface area contributed by atoms with Crippen molar-refractivity contribution in [1.29, 1.82) is 0 Å². The number of carbonyl (C=O) groups is 1. The first-order valence-corrected chi connectivity index (χ1v) is 13.6. The normalized spacial score (nSPS) is 13.5. The highest BCUT2D eigenvalue weighted by Gasteiger charge is 2.37. The number of fused-ring (bicyclic) bond motifs is 3. The number of sulfonamides is 1. The molecule has 0 saturated carbocycles. The average molecular weight is 559 g/mol. The van der Waals surface area contributed by atoms with Crippen LogP contribution in [-0.4, -0.2) is 30.0 Å². The molecule has 1 aliphatic rings. The van der Waals surface area contributed by atoms with Crippen molar-refractivity contribution in [3.05, 3.63) is 95.1 Å². The monoisotopic (exact) mass is 558 g/mol. The SMILES string of the molecule is O=C(CSc1ncc2c(n1)-c1cc(Cl)ccc1N(Cc1ccccc1)S2(=O)=O)Nc1ccc(F)cc1F. The fraction of sp³-hybridized carbons (Fsp3) is 0.0800. The van der Waals surface area contributed by atoms with Crippen molar-refractivity contribution in [2.75, 3.05) is 15.4 Å². The van der Waals surface area contributed by atoms with Crippen molar-refractivity contribution in [3.8, 4) is 11.3 Å². The standard InChI is InChI=1S/C25H17ClF2N4O3S2/c26-16-6-9-21-18(10-16)24-22(37(34,35)32(21)13-15-4-2-1-3-5-15)12-29-25(31-24)36-14-23(33)30-20-8-7-17(27)11-19(20)28/h1-12H,13-14H2,(H,30,33). The number of rotatable bonds is 6. The van der Waals surface area contributed by atoms with Gasteiger partial charge in [-0.25, -0.2) is 27.2 Å². The number of amides is 1. The van der Waals surface area contributed by atoms with Gasteiger partial charge in [0.05, 0.1) is 35.6 Å². The van der Waals surface area contributed by atoms with Crippen LogP contribution in [0.5, 0.6) is 0 Å². The van der Waals surface area contributed by atoms with E-state index in [2.05, 4.69) is 15.3 Å². The van der Waals surface area contributed by atoms with E-state index in [0.717, 1.165) is 29.5 Å². The Labute approximate surface area is 220 Å². The highest BCUT2D eigenvalue weighted by molar-refractivity contribution is 7.99. The summed E-state index contributed by atoms with van der Waals surface area (Å²) in [6, 6.07) is 16.9. The van der Waals surface area contributed by atoms with Crippen molar-refractivity contribution >= 4 is 50.7 Å². The third-order valence-corrected chi connectivity index (χ3v) is 8.35. The predicted molar refractivity (Wildman–Crippen MR) is 138 cm³/mol. The van der Waals surface area contributed by atoms with E-state index in [4.69, 9.17) is 11.6 Å². The van der Waals surface area contributed by atoms with Crippen LogP contribution in [0.2, 0.25) is 5.02 Å². The van der Waals surface area contributed by atoms with Gasteiger partial charge >= 0.3 is 0 Å². The minimum atomic E-state index is -4.00. The van der Waals surface area contributed by atoms with Crippen LogP contribution in [0, 0.1) is 11.6 Å². The van der Waals surface area contributed by atoms with Crippen molar-refractivity contribution in [1.82, 2.24) is 9.97 Å². The molecule has 5 rings (SSSR count). The van der Waals surface area contributed by atoms with Crippen molar-refractivity contribution in [2.24, 2.45) is 0 Å². The lowest BCUT2D eigenvalue weighted by molar-refractivity contribution is -0.113. The first kappa shape index (κ1) is 25.1.